The molecule has 0 aliphatic heterocycles. The van der Waals surface area contributed by atoms with Gasteiger partial charge in [0.25, 0.3) is 15.7 Å². The van der Waals surface area contributed by atoms with E-state index in [1.54, 1.807) is 36.4 Å². The number of hydrogen-bond donors (Lipinski definition) is 1. The maximum Gasteiger partial charge on any atom is 0.269 e. The van der Waals surface area contributed by atoms with Gasteiger partial charge >= 0.3 is 0 Å². The topological polar surface area (TPSA) is 128 Å². The lowest BCUT2D eigenvalue weighted by Gasteiger charge is -2.19. The van der Waals surface area contributed by atoms with E-state index in [1.807, 2.05) is 20.8 Å². The second-order valence-electron chi connectivity index (χ2n) is 9.24. The highest BCUT2D eigenvalue weighted by Crippen LogP contribution is 2.34. The SMILES string of the molecule is C=Cc1cn(S(=O)(=O)c2ccc(C)cc2)c2cccc([C@@H](C=C(C)C)NS(=O)(=O)c3ccc([N+](=O)[O-])cc3)c12. The van der Waals surface area contributed by atoms with Gasteiger partial charge in [0.2, 0.25) is 10.0 Å². The van der Waals surface area contributed by atoms with E-state index in [-0.39, 0.29) is 15.5 Å². The molecule has 1 N–H and O–H groups in total. The Balaban J connectivity index is 1.87. The molecular weight excluding hydrogens is 538 g/mol. The minimum atomic E-state index is -4.12. The van der Waals surface area contributed by atoms with Crippen molar-refractivity contribution in [2.24, 2.45) is 0 Å². The van der Waals surface area contributed by atoms with E-state index in [0.717, 1.165) is 23.3 Å². The summed E-state index contributed by atoms with van der Waals surface area (Å²) in [5, 5.41) is 11.5. The lowest BCUT2D eigenvalue weighted by atomic mass is 9.99. The molecule has 0 radical (unpaired) electrons. The smallest absolute Gasteiger partial charge is 0.258 e. The van der Waals surface area contributed by atoms with Crippen molar-refractivity contribution in [3.05, 3.63) is 118 Å². The van der Waals surface area contributed by atoms with Gasteiger partial charge < -0.3 is 0 Å². The molecule has 0 saturated heterocycles. The Labute approximate surface area is 227 Å². The van der Waals surface area contributed by atoms with Crippen molar-refractivity contribution in [1.82, 2.24) is 8.69 Å². The number of aromatic nitrogens is 1. The van der Waals surface area contributed by atoms with E-state index in [9.17, 15) is 26.9 Å². The summed E-state index contributed by atoms with van der Waals surface area (Å²) in [5.41, 5.74) is 2.90. The molecule has 0 saturated carbocycles. The third kappa shape index (κ3) is 5.56. The summed E-state index contributed by atoms with van der Waals surface area (Å²) in [6.07, 6.45) is 4.72. The minimum Gasteiger partial charge on any atom is -0.258 e. The number of benzene rings is 3. The zero-order valence-corrected chi connectivity index (χ0v) is 23.2. The molecule has 202 valence electrons. The first-order chi connectivity index (χ1) is 18.3. The van der Waals surface area contributed by atoms with Crippen molar-refractivity contribution >= 4 is 42.7 Å². The highest BCUT2D eigenvalue weighted by molar-refractivity contribution is 7.90. The molecule has 0 amide bonds. The predicted molar refractivity (Wildman–Crippen MR) is 151 cm³/mol. The van der Waals surface area contributed by atoms with Crippen LogP contribution in [0.25, 0.3) is 17.0 Å². The number of nitro groups is 1. The molecule has 0 spiro atoms. The number of hydrogen-bond acceptors (Lipinski definition) is 6. The molecule has 1 atom stereocenters. The average Bonchev–Trinajstić information content (AvgIpc) is 3.28. The first-order valence-corrected chi connectivity index (χ1v) is 14.8. The second-order valence-corrected chi connectivity index (χ2v) is 12.8. The standard InChI is InChI=1S/C28H27N3O6S2/c1-5-21-18-30(39(36,37)24-13-9-20(4)10-14-24)27-8-6-7-25(28(21)27)26(17-19(2)3)29-38(34,35)23-15-11-22(12-16-23)31(32)33/h5-18,26,29H,1H2,2-4H3/t26-/m1/s1. The Bertz CT molecular complexity index is 1820. The van der Waals surface area contributed by atoms with Gasteiger partial charge in [0.15, 0.2) is 0 Å². The lowest BCUT2D eigenvalue weighted by molar-refractivity contribution is -0.384. The molecule has 11 heteroatoms. The summed E-state index contributed by atoms with van der Waals surface area (Å²) in [5.74, 6) is 0. The Hall–Kier alpha value is -4.06. The maximum atomic E-state index is 13.6. The highest BCUT2D eigenvalue weighted by atomic mass is 32.2. The Morgan fingerprint density at radius 2 is 1.59 bits per heavy atom. The van der Waals surface area contributed by atoms with Crippen LogP contribution in [0.15, 0.2) is 101 Å². The van der Waals surface area contributed by atoms with E-state index in [2.05, 4.69) is 11.3 Å². The molecule has 0 bridgehead atoms. The van der Waals surface area contributed by atoms with Crippen LogP contribution in [0.4, 0.5) is 5.69 Å². The molecule has 0 fully saturated rings. The van der Waals surface area contributed by atoms with Crippen LogP contribution in [0.1, 0.15) is 36.6 Å². The number of non-ortho nitro benzene ring substituents is 1. The summed E-state index contributed by atoms with van der Waals surface area (Å²) in [6.45, 7) is 9.34. The zero-order chi connectivity index (χ0) is 28.5. The number of nitro benzene ring substituents is 1. The van der Waals surface area contributed by atoms with Crippen molar-refractivity contribution in [3.63, 3.8) is 0 Å². The lowest BCUT2D eigenvalue weighted by Crippen LogP contribution is -2.28. The monoisotopic (exact) mass is 565 g/mol. The first-order valence-electron chi connectivity index (χ1n) is 11.9. The summed E-state index contributed by atoms with van der Waals surface area (Å²) >= 11 is 0. The molecule has 4 rings (SSSR count). The average molecular weight is 566 g/mol. The van der Waals surface area contributed by atoms with Crippen LogP contribution in [-0.4, -0.2) is 25.7 Å². The number of nitrogens with zero attached hydrogens (tertiary/aromatic N) is 2. The van der Waals surface area contributed by atoms with Crippen molar-refractivity contribution in [3.8, 4) is 0 Å². The van der Waals surface area contributed by atoms with E-state index in [4.69, 9.17) is 0 Å². The second kappa shape index (κ2) is 10.6. The normalized spacial score (nSPS) is 12.7. The third-order valence-electron chi connectivity index (χ3n) is 6.13. The van der Waals surface area contributed by atoms with Gasteiger partial charge in [-0.15, -0.1) is 0 Å². The number of allylic oxidation sites excluding steroid dienone is 1. The molecular formula is C28H27N3O6S2. The largest absolute Gasteiger partial charge is 0.269 e. The van der Waals surface area contributed by atoms with Crippen molar-refractivity contribution in [1.29, 1.82) is 0 Å². The van der Waals surface area contributed by atoms with Gasteiger partial charge in [0, 0.05) is 29.3 Å². The molecule has 3 aromatic carbocycles. The van der Waals surface area contributed by atoms with Gasteiger partial charge in [0.1, 0.15) is 0 Å². The Morgan fingerprint density at radius 1 is 0.974 bits per heavy atom. The highest BCUT2D eigenvalue weighted by Gasteiger charge is 2.26. The van der Waals surface area contributed by atoms with Crippen LogP contribution in [0.3, 0.4) is 0 Å². The summed E-state index contributed by atoms with van der Waals surface area (Å²) < 4.78 is 57.7. The molecule has 0 aliphatic carbocycles. The van der Waals surface area contributed by atoms with E-state index >= 15 is 0 Å². The van der Waals surface area contributed by atoms with Gasteiger partial charge in [-0.25, -0.2) is 20.8 Å². The zero-order valence-electron chi connectivity index (χ0n) is 21.5. The quantitative estimate of drug-likeness (QED) is 0.157. The van der Waals surface area contributed by atoms with Crippen LogP contribution in [0.2, 0.25) is 0 Å². The fraction of sp³-hybridized carbons (Fsp3) is 0.143. The third-order valence-corrected chi connectivity index (χ3v) is 9.27. The molecule has 1 aromatic heterocycles. The molecule has 9 nitrogen and oxygen atoms in total. The molecule has 1 heterocycles. The van der Waals surface area contributed by atoms with Gasteiger partial charge in [-0.05, 0) is 56.7 Å². The van der Waals surface area contributed by atoms with E-state index < -0.39 is 31.0 Å². The van der Waals surface area contributed by atoms with Crippen LogP contribution < -0.4 is 4.72 Å². The van der Waals surface area contributed by atoms with Crippen molar-refractivity contribution < 1.29 is 21.8 Å². The Kier molecular flexibility index (Phi) is 7.60. The van der Waals surface area contributed by atoms with Gasteiger partial charge in [0.05, 0.1) is 26.3 Å². The number of nitrogens with one attached hydrogen (secondary N) is 1. The van der Waals surface area contributed by atoms with Gasteiger partial charge in [-0.1, -0.05) is 54.1 Å². The molecule has 0 unspecified atom stereocenters. The van der Waals surface area contributed by atoms with Crippen LogP contribution in [0.5, 0.6) is 0 Å². The molecule has 39 heavy (non-hydrogen) atoms. The van der Waals surface area contributed by atoms with Crippen LogP contribution in [0, 0.1) is 17.0 Å². The fourth-order valence-corrected chi connectivity index (χ4v) is 6.79. The predicted octanol–water partition coefficient (Wildman–Crippen LogP) is 5.72. The molecule has 0 aliphatic rings. The summed E-state index contributed by atoms with van der Waals surface area (Å²) in [7, 11) is -8.09. The first kappa shape index (κ1) is 28.0. The number of rotatable bonds is 9. The van der Waals surface area contributed by atoms with E-state index in [0.29, 0.717) is 22.0 Å². The fourth-order valence-electron chi connectivity index (χ4n) is 4.26. The Morgan fingerprint density at radius 3 is 2.15 bits per heavy atom. The van der Waals surface area contributed by atoms with Gasteiger partial charge in [-0.3, -0.25) is 10.1 Å². The van der Waals surface area contributed by atoms with Crippen molar-refractivity contribution in [2.75, 3.05) is 0 Å². The number of sulfonamides is 1. The van der Waals surface area contributed by atoms with Gasteiger partial charge in [-0.2, -0.15) is 4.72 Å². The summed E-state index contributed by atoms with van der Waals surface area (Å²) in [6, 6.07) is 15.3. The maximum absolute atomic E-state index is 13.6. The molecule has 4 aromatic rings. The summed E-state index contributed by atoms with van der Waals surface area (Å²) in [4.78, 5) is 10.4. The van der Waals surface area contributed by atoms with E-state index in [1.165, 1.54) is 40.5 Å². The van der Waals surface area contributed by atoms with Crippen LogP contribution >= 0.6 is 0 Å². The minimum absolute atomic E-state index is 0.116. The van der Waals surface area contributed by atoms with Crippen LogP contribution in [-0.2, 0) is 20.0 Å². The number of aryl methyl sites for hydroxylation is 1. The van der Waals surface area contributed by atoms with Crippen molar-refractivity contribution in [2.45, 2.75) is 36.6 Å². The number of fused-ring (bicyclic) bond motifs is 1.